The van der Waals surface area contributed by atoms with Crippen LogP contribution in [-0.4, -0.2) is 28.7 Å². The molecule has 6 heteroatoms. The lowest BCUT2D eigenvalue weighted by Crippen LogP contribution is -2.44. The maximum atomic E-state index is 11.4. The normalized spacial score (nSPS) is 20.5. The molecule has 0 unspecified atom stereocenters. The first-order valence-electron chi connectivity index (χ1n) is 4.45. The molecule has 1 N–H and O–H groups in total. The Morgan fingerprint density at radius 2 is 2.47 bits per heavy atom. The van der Waals surface area contributed by atoms with E-state index in [1.165, 1.54) is 18.0 Å². The zero-order valence-electron chi connectivity index (χ0n) is 7.87. The van der Waals surface area contributed by atoms with Gasteiger partial charge in [0.05, 0.1) is 6.20 Å². The Balaban J connectivity index is 2.30. The number of nitrogens with zero attached hydrogens (tertiary/aromatic N) is 2. The lowest BCUT2D eigenvalue weighted by molar-refractivity contribution is -0.592. The summed E-state index contributed by atoms with van der Waals surface area (Å²) in [5, 5.41) is 20.4. The molecule has 1 saturated heterocycles. The van der Waals surface area contributed by atoms with Gasteiger partial charge in [0.2, 0.25) is 6.04 Å². The Morgan fingerprint density at radius 3 is 3.13 bits per heavy atom. The minimum absolute atomic E-state index is 0.398. The Kier molecular flexibility index (Phi) is 2.68. The second-order valence-corrected chi connectivity index (χ2v) is 4.21. The minimum Gasteiger partial charge on any atom is -0.711 e. The van der Waals surface area contributed by atoms with Crippen molar-refractivity contribution in [1.29, 1.82) is 0 Å². The average molecular weight is 226 g/mol. The molecule has 15 heavy (non-hydrogen) atoms. The Morgan fingerprint density at radius 1 is 1.67 bits per heavy atom. The molecule has 2 rings (SSSR count). The summed E-state index contributed by atoms with van der Waals surface area (Å²) in [6.45, 7) is 0. The van der Waals surface area contributed by atoms with E-state index in [2.05, 4.69) is 0 Å². The lowest BCUT2D eigenvalue weighted by atomic mass is 10.3. The summed E-state index contributed by atoms with van der Waals surface area (Å²) >= 11 is 1.52. The van der Waals surface area contributed by atoms with Gasteiger partial charge in [-0.2, -0.15) is 0 Å². The molecule has 1 aromatic heterocycles. The van der Waals surface area contributed by atoms with E-state index < -0.39 is 12.0 Å². The molecule has 80 valence electrons. The Hall–Kier alpha value is -1.43. The van der Waals surface area contributed by atoms with Crippen molar-refractivity contribution in [2.45, 2.75) is 6.04 Å². The van der Waals surface area contributed by atoms with Gasteiger partial charge in [-0.25, -0.2) is 14.4 Å². The maximum Gasteiger partial charge on any atom is 0.349 e. The first-order chi connectivity index (χ1) is 7.20. The monoisotopic (exact) mass is 226 g/mol. The summed E-state index contributed by atoms with van der Waals surface area (Å²) in [5.41, 5.74) is 0. The molecule has 0 aliphatic carbocycles. The van der Waals surface area contributed by atoms with Gasteiger partial charge in [0, 0.05) is 11.8 Å². The number of aromatic nitrogens is 1. The van der Waals surface area contributed by atoms with Crippen LogP contribution in [0.2, 0.25) is 0 Å². The van der Waals surface area contributed by atoms with Gasteiger partial charge in [-0.05, 0) is 6.07 Å². The van der Waals surface area contributed by atoms with Gasteiger partial charge in [-0.3, -0.25) is 0 Å². The van der Waals surface area contributed by atoms with E-state index >= 15 is 0 Å². The second-order valence-electron chi connectivity index (χ2n) is 3.21. The highest BCUT2D eigenvalue weighted by atomic mass is 32.2. The molecule has 0 spiro atoms. The Labute approximate surface area is 90.9 Å². The van der Waals surface area contributed by atoms with E-state index in [0.717, 1.165) is 0 Å². The number of pyridine rings is 1. The van der Waals surface area contributed by atoms with Crippen molar-refractivity contribution in [3.05, 3.63) is 29.6 Å². The first kappa shape index (κ1) is 10.1. The van der Waals surface area contributed by atoms with Crippen LogP contribution in [0, 0.1) is 5.21 Å². The fraction of sp³-hybridized carbons (Fsp3) is 0.333. The summed E-state index contributed by atoms with van der Waals surface area (Å²) in [6, 6.07) is 4.38. The number of thioether (sulfide) groups is 1. The zero-order valence-corrected chi connectivity index (χ0v) is 8.68. The molecule has 0 bridgehead atoms. The van der Waals surface area contributed by atoms with Crippen LogP contribution >= 0.6 is 11.8 Å². The fourth-order valence-electron chi connectivity index (χ4n) is 1.51. The van der Waals surface area contributed by atoms with Crippen molar-refractivity contribution in [1.82, 2.24) is 0 Å². The number of aliphatic carboxylic acids is 1. The number of carboxylic acids is 1. The van der Waals surface area contributed by atoms with Gasteiger partial charge in [-0.15, -0.1) is 11.8 Å². The number of hydrogen-bond donors (Lipinski definition) is 1. The molecular weight excluding hydrogens is 216 g/mol. The molecule has 2 heterocycles. The summed E-state index contributed by atoms with van der Waals surface area (Å²) in [4.78, 5) is 12.5. The molecule has 1 aromatic rings. The molecule has 0 saturated carbocycles. The van der Waals surface area contributed by atoms with Crippen LogP contribution in [-0.2, 0) is 4.79 Å². The predicted octanol–water partition coefficient (Wildman–Crippen LogP) is 0.284. The van der Waals surface area contributed by atoms with Crippen molar-refractivity contribution in [3.8, 4) is 0 Å². The third kappa shape index (κ3) is 1.85. The number of carboxylic acid groups (broad SMARTS) is 1. The van der Waals surface area contributed by atoms with E-state index in [4.69, 9.17) is 5.11 Å². The van der Waals surface area contributed by atoms with Crippen LogP contribution < -0.4 is 9.63 Å². The fourth-order valence-corrected chi connectivity index (χ4v) is 2.67. The average Bonchev–Trinajstić information content (AvgIpc) is 2.67. The van der Waals surface area contributed by atoms with Crippen molar-refractivity contribution in [2.75, 3.05) is 16.5 Å². The minimum atomic E-state index is -0.885. The van der Waals surface area contributed by atoms with Crippen molar-refractivity contribution in [3.63, 3.8) is 0 Å². The number of hydrogen-bond acceptors (Lipinski definition) is 4. The largest absolute Gasteiger partial charge is 0.711 e. The number of anilines is 1. The third-order valence-corrected chi connectivity index (χ3v) is 3.28. The summed E-state index contributed by atoms with van der Waals surface area (Å²) in [5.74, 6) is 0.576. The van der Waals surface area contributed by atoms with E-state index in [9.17, 15) is 10.0 Å². The van der Waals surface area contributed by atoms with Gasteiger partial charge in [0.1, 0.15) is 5.88 Å². The van der Waals surface area contributed by atoms with Crippen LogP contribution in [0.4, 0.5) is 5.82 Å². The van der Waals surface area contributed by atoms with Crippen LogP contribution in [0.3, 0.4) is 0 Å². The summed E-state index contributed by atoms with van der Waals surface area (Å²) in [6.07, 6.45) is 1.37. The lowest BCUT2D eigenvalue weighted by Gasteiger charge is -2.18. The smallest absolute Gasteiger partial charge is 0.349 e. The van der Waals surface area contributed by atoms with Gasteiger partial charge in [-0.1, -0.05) is 6.07 Å². The maximum absolute atomic E-state index is 11.4. The second kappa shape index (κ2) is 3.98. The number of rotatable bonds is 2. The van der Waals surface area contributed by atoms with Crippen LogP contribution in [0.1, 0.15) is 0 Å². The van der Waals surface area contributed by atoms with E-state index in [-0.39, 0.29) is 0 Å². The summed E-state index contributed by atoms with van der Waals surface area (Å²) in [7, 11) is 0. The van der Waals surface area contributed by atoms with Crippen LogP contribution in [0.15, 0.2) is 24.4 Å². The van der Waals surface area contributed by atoms with E-state index in [1.807, 2.05) is 0 Å². The van der Waals surface area contributed by atoms with E-state index in [0.29, 0.717) is 22.2 Å². The molecule has 0 radical (unpaired) electrons. The molecule has 1 aliphatic heterocycles. The molecule has 1 atom stereocenters. The number of carbonyl (C=O) groups is 1. The van der Waals surface area contributed by atoms with Crippen LogP contribution in [0.5, 0.6) is 0 Å². The van der Waals surface area contributed by atoms with Crippen LogP contribution in [0.25, 0.3) is 0 Å². The SMILES string of the molecule is O=C(O)[C@@H]1CSCN1c1cccc[n+]1[O-]. The third-order valence-electron chi connectivity index (χ3n) is 2.27. The highest BCUT2D eigenvalue weighted by Crippen LogP contribution is 2.25. The zero-order chi connectivity index (χ0) is 10.8. The summed E-state index contributed by atoms with van der Waals surface area (Å²) < 4.78 is 0.696. The van der Waals surface area contributed by atoms with Gasteiger partial charge in [0.15, 0.2) is 0 Å². The molecular formula is C9H10N2O3S. The molecule has 1 fully saturated rings. The van der Waals surface area contributed by atoms with Crippen molar-refractivity contribution >= 4 is 23.5 Å². The standard InChI is InChI=1S/C9H10N2O3S/c12-9(13)7-5-15-6-10(7)8-3-1-2-4-11(8)14/h1-4,7H,5-6H2,(H,12,13)/t7-/m0/s1. The topological polar surface area (TPSA) is 67.5 Å². The quantitative estimate of drug-likeness (QED) is 0.579. The first-order valence-corrected chi connectivity index (χ1v) is 5.61. The predicted molar refractivity (Wildman–Crippen MR) is 56.6 cm³/mol. The van der Waals surface area contributed by atoms with Crippen molar-refractivity contribution < 1.29 is 14.6 Å². The van der Waals surface area contributed by atoms with Crippen molar-refractivity contribution in [2.24, 2.45) is 0 Å². The molecule has 0 aromatic carbocycles. The highest BCUT2D eigenvalue weighted by Gasteiger charge is 2.38. The highest BCUT2D eigenvalue weighted by molar-refractivity contribution is 7.99. The van der Waals surface area contributed by atoms with Gasteiger partial charge >= 0.3 is 5.97 Å². The van der Waals surface area contributed by atoms with E-state index in [1.54, 1.807) is 23.1 Å². The molecule has 1 aliphatic rings. The molecule has 0 amide bonds. The molecule has 5 nitrogen and oxygen atoms in total. The van der Waals surface area contributed by atoms with Gasteiger partial charge in [0.25, 0.3) is 5.82 Å². The van der Waals surface area contributed by atoms with Gasteiger partial charge < -0.3 is 10.3 Å². The Bertz CT molecular complexity index is 385.